The van der Waals surface area contributed by atoms with E-state index in [4.69, 9.17) is 0 Å². The highest BCUT2D eigenvalue weighted by Crippen LogP contribution is 2.31. The van der Waals surface area contributed by atoms with Crippen LogP contribution in [0.25, 0.3) is 21.1 Å². The number of H-pyrrole nitrogens is 1. The van der Waals surface area contributed by atoms with Crippen LogP contribution in [0.3, 0.4) is 0 Å². The summed E-state index contributed by atoms with van der Waals surface area (Å²) in [4.78, 5) is 9.03. The van der Waals surface area contributed by atoms with E-state index in [0.29, 0.717) is 17.5 Å². The molecule has 11 heteroatoms. The molecule has 5 rings (SSSR count). The zero-order chi connectivity index (χ0) is 21.4. The van der Waals surface area contributed by atoms with Crippen molar-refractivity contribution in [2.45, 2.75) is 6.36 Å². The highest BCUT2D eigenvalue weighted by atomic mass is 32.1. The third kappa shape index (κ3) is 4.21. The Balaban J connectivity index is 1.42. The average Bonchev–Trinajstić information content (AvgIpc) is 3.37. The molecule has 7 nitrogen and oxygen atoms in total. The van der Waals surface area contributed by atoms with Gasteiger partial charge in [-0.3, -0.25) is 5.10 Å². The number of alkyl halides is 3. The van der Waals surface area contributed by atoms with Crippen LogP contribution in [-0.4, -0.2) is 26.5 Å². The molecule has 2 aromatic carbocycles. The fourth-order valence-corrected chi connectivity index (χ4v) is 3.81. The first kappa shape index (κ1) is 19.1. The minimum atomic E-state index is -4.73. The first-order chi connectivity index (χ1) is 14.9. The normalized spacial score (nSPS) is 11.7. The molecule has 0 saturated carbocycles. The lowest BCUT2D eigenvalue weighted by atomic mass is 10.2. The van der Waals surface area contributed by atoms with Crippen molar-refractivity contribution in [1.82, 2.24) is 20.2 Å². The van der Waals surface area contributed by atoms with Gasteiger partial charge < -0.3 is 15.4 Å². The highest BCUT2D eigenvalue weighted by Gasteiger charge is 2.30. The number of ether oxygens (including phenoxy) is 1. The number of hydrogen-bond donors (Lipinski definition) is 3. The second-order valence-corrected chi connectivity index (χ2v) is 7.44. The molecule has 0 aliphatic heterocycles. The van der Waals surface area contributed by atoms with Gasteiger partial charge in [0.05, 0.1) is 21.9 Å². The van der Waals surface area contributed by atoms with Gasteiger partial charge >= 0.3 is 6.36 Å². The summed E-state index contributed by atoms with van der Waals surface area (Å²) in [5.74, 6) is 0.619. The zero-order valence-corrected chi connectivity index (χ0v) is 16.4. The van der Waals surface area contributed by atoms with Crippen LogP contribution in [0.2, 0.25) is 0 Å². The molecular weight excluding hydrogens is 429 g/mol. The lowest BCUT2D eigenvalue weighted by Gasteiger charge is -2.11. The van der Waals surface area contributed by atoms with Crippen LogP contribution in [0.15, 0.2) is 60.1 Å². The number of thiophene rings is 1. The van der Waals surface area contributed by atoms with Crippen LogP contribution in [0.4, 0.5) is 36.3 Å². The van der Waals surface area contributed by atoms with E-state index >= 15 is 0 Å². The molecular formula is C20H13F3N6OS. The van der Waals surface area contributed by atoms with Gasteiger partial charge in [-0.15, -0.1) is 24.5 Å². The van der Waals surface area contributed by atoms with Gasteiger partial charge in [-0.25, -0.2) is 4.98 Å². The third-order valence-electron chi connectivity index (χ3n) is 4.35. The molecule has 0 saturated heterocycles. The van der Waals surface area contributed by atoms with E-state index in [1.54, 1.807) is 6.20 Å². The van der Waals surface area contributed by atoms with Crippen molar-refractivity contribution in [1.29, 1.82) is 0 Å². The summed E-state index contributed by atoms with van der Waals surface area (Å²) in [6.07, 6.45) is -3.00. The monoisotopic (exact) mass is 442 g/mol. The molecule has 5 aromatic rings. The van der Waals surface area contributed by atoms with Gasteiger partial charge in [0.25, 0.3) is 0 Å². The summed E-state index contributed by atoms with van der Waals surface area (Å²) >= 11 is 1.50. The maximum Gasteiger partial charge on any atom is 0.573 e. The molecule has 0 bridgehead atoms. The summed E-state index contributed by atoms with van der Waals surface area (Å²) in [6.45, 7) is 0. The molecule has 0 unspecified atom stereocenters. The van der Waals surface area contributed by atoms with E-state index in [1.165, 1.54) is 35.6 Å². The number of nitrogens with one attached hydrogen (secondary N) is 3. The van der Waals surface area contributed by atoms with Gasteiger partial charge in [0.15, 0.2) is 5.82 Å². The summed E-state index contributed by atoms with van der Waals surface area (Å²) in [6, 6.07) is 13.0. The van der Waals surface area contributed by atoms with Crippen molar-refractivity contribution in [3.05, 3.63) is 60.1 Å². The number of anilines is 4. The summed E-state index contributed by atoms with van der Waals surface area (Å²) < 4.78 is 41.8. The van der Waals surface area contributed by atoms with Gasteiger partial charge in [0.2, 0.25) is 5.95 Å². The lowest BCUT2D eigenvalue weighted by molar-refractivity contribution is -0.274. The molecule has 31 heavy (non-hydrogen) atoms. The van der Waals surface area contributed by atoms with Crippen LogP contribution in [0.5, 0.6) is 5.75 Å². The number of fused-ring (bicyclic) bond motifs is 2. The molecule has 0 aliphatic carbocycles. The molecule has 3 N–H and O–H groups in total. The van der Waals surface area contributed by atoms with Gasteiger partial charge in [-0.2, -0.15) is 10.1 Å². The third-order valence-corrected chi connectivity index (χ3v) is 5.26. The Morgan fingerprint density at radius 3 is 2.55 bits per heavy atom. The number of benzene rings is 2. The number of aromatic amines is 1. The Labute approximate surface area is 176 Å². The van der Waals surface area contributed by atoms with Crippen LogP contribution in [0, 0.1) is 0 Å². The van der Waals surface area contributed by atoms with Crippen molar-refractivity contribution < 1.29 is 17.9 Å². The zero-order valence-electron chi connectivity index (χ0n) is 15.6. The molecule has 156 valence electrons. The Kier molecular flexibility index (Phi) is 4.59. The van der Waals surface area contributed by atoms with E-state index in [-0.39, 0.29) is 5.75 Å². The fourth-order valence-electron chi connectivity index (χ4n) is 3.03. The molecule has 3 heterocycles. The molecule has 0 radical (unpaired) electrons. The first-order valence-corrected chi connectivity index (χ1v) is 9.89. The van der Waals surface area contributed by atoms with E-state index in [1.807, 2.05) is 29.6 Å². The van der Waals surface area contributed by atoms with Crippen molar-refractivity contribution in [3.63, 3.8) is 0 Å². The van der Waals surface area contributed by atoms with E-state index in [0.717, 1.165) is 26.8 Å². The van der Waals surface area contributed by atoms with Gasteiger partial charge in [0, 0.05) is 16.8 Å². The smallest absolute Gasteiger partial charge is 0.406 e. The molecule has 3 aromatic heterocycles. The summed E-state index contributed by atoms with van der Waals surface area (Å²) in [5, 5.41) is 16.1. The molecule has 0 aliphatic rings. The second-order valence-electron chi connectivity index (χ2n) is 6.52. The summed E-state index contributed by atoms with van der Waals surface area (Å²) in [5.41, 5.74) is 3.03. The lowest BCUT2D eigenvalue weighted by Crippen LogP contribution is -2.17. The number of rotatable bonds is 5. The Bertz CT molecular complexity index is 1360. The van der Waals surface area contributed by atoms with Gasteiger partial charge in [-0.05, 0) is 53.9 Å². The summed E-state index contributed by atoms with van der Waals surface area (Å²) in [7, 11) is 0. The quantitative estimate of drug-likeness (QED) is 0.312. The van der Waals surface area contributed by atoms with Crippen molar-refractivity contribution in [3.8, 4) is 5.75 Å². The Morgan fingerprint density at radius 1 is 0.935 bits per heavy atom. The van der Waals surface area contributed by atoms with Gasteiger partial charge in [0.1, 0.15) is 5.75 Å². The average molecular weight is 442 g/mol. The largest absolute Gasteiger partial charge is 0.573 e. The van der Waals surface area contributed by atoms with Crippen molar-refractivity contribution >= 4 is 55.6 Å². The van der Waals surface area contributed by atoms with Crippen LogP contribution in [0.1, 0.15) is 0 Å². The van der Waals surface area contributed by atoms with Gasteiger partial charge in [-0.1, -0.05) is 0 Å². The minimum Gasteiger partial charge on any atom is -0.406 e. The topological polar surface area (TPSA) is 87.8 Å². The predicted octanol–water partition coefficient (Wildman–Crippen LogP) is 5.95. The highest BCUT2D eigenvalue weighted by molar-refractivity contribution is 7.17. The Hall–Kier alpha value is -3.86. The maximum absolute atomic E-state index is 12.3. The first-order valence-electron chi connectivity index (χ1n) is 9.01. The SMILES string of the molecule is FC(F)(F)Oc1ccc(Nc2nc(Nc3ccc4[nH]ncc4c3)c3sccc3n2)cc1. The van der Waals surface area contributed by atoms with E-state index < -0.39 is 6.36 Å². The number of nitrogens with zero attached hydrogens (tertiary/aromatic N) is 3. The molecule has 0 spiro atoms. The molecule has 0 fully saturated rings. The number of hydrogen-bond acceptors (Lipinski definition) is 7. The van der Waals surface area contributed by atoms with Crippen molar-refractivity contribution in [2.75, 3.05) is 10.6 Å². The maximum atomic E-state index is 12.3. The number of aromatic nitrogens is 4. The van der Waals surface area contributed by atoms with E-state index in [9.17, 15) is 13.2 Å². The second kappa shape index (κ2) is 7.43. The predicted molar refractivity (Wildman–Crippen MR) is 113 cm³/mol. The molecule has 0 atom stereocenters. The van der Waals surface area contributed by atoms with E-state index in [2.05, 4.69) is 35.5 Å². The standard InChI is InChI=1S/C20H13F3N6OS/c21-20(22,23)30-14-4-1-12(2-5-14)26-19-27-16-7-8-31-17(16)18(28-19)25-13-3-6-15-11(9-13)10-24-29-15/h1-10H,(H,24,29)(H2,25,26,27,28). The minimum absolute atomic E-state index is 0.302. The molecule has 0 amide bonds. The van der Waals surface area contributed by atoms with Crippen LogP contribution < -0.4 is 15.4 Å². The Morgan fingerprint density at radius 2 is 1.74 bits per heavy atom. The van der Waals surface area contributed by atoms with Crippen LogP contribution in [-0.2, 0) is 0 Å². The van der Waals surface area contributed by atoms with Crippen molar-refractivity contribution in [2.24, 2.45) is 0 Å². The van der Waals surface area contributed by atoms with Crippen LogP contribution >= 0.6 is 11.3 Å². The fraction of sp³-hybridized carbons (Fsp3) is 0.0500. The number of halogens is 3.